The van der Waals surface area contributed by atoms with Crippen LogP contribution in [0.1, 0.15) is 27.4 Å². The fourth-order valence-corrected chi connectivity index (χ4v) is 2.98. The van der Waals surface area contributed by atoms with Crippen molar-refractivity contribution in [2.24, 2.45) is 0 Å². The van der Waals surface area contributed by atoms with E-state index in [-0.39, 0.29) is 36.4 Å². The van der Waals surface area contributed by atoms with Gasteiger partial charge in [-0.25, -0.2) is 0 Å². The lowest BCUT2D eigenvalue weighted by Crippen LogP contribution is -2.30. The van der Waals surface area contributed by atoms with E-state index < -0.39 is 18.5 Å². The Bertz CT molecular complexity index is 1130. The number of aryl methyl sites for hydroxylation is 2. The number of rotatable bonds is 9. The summed E-state index contributed by atoms with van der Waals surface area (Å²) in [4.78, 5) is 28.2. The van der Waals surface area contributed by atoms with Crippen LogP contribution in [0, 0.1) is 13.8 Å². The number of halogens is 2. The van der Waals surface area contributed by atoms with Gasteiger partial charge in [0.2, 0.25) is 5.82 Å². The first kappa shape index (κ1) is 23.6. The average Bonchev–Trinajstić information content (AvgIpc) is 3.24. The maximum absolute atomic E-state index is 12.4. The molecular formula is C22H21F2N3O6. The van der Waals surface area contributed by atoms with E-state index in [1.54, 1.807) is 12.1 Å². The molecule has 1 N–H and O–H groups in total. The van der Waals surface area contributed by atoms with E-state index in [1.165, 1.54) is 25.3 Å². The number of carbonyl (C=O) groups excluding carboxylic acids is 2. The van der Waals surface area contributed by atoms with Crippen molar-refractivity contribution in [3.05, 3.63) is 59.0 Å². The first-order valence-corrected chi connectivity index (χ1v) is 9.73. The molecule has 2 aromatic carbocycles. The maximum atomic E-state index is 12.4. The van der Waals surface area contributed by atoms with Gasteiger partial charge in [0.05, 0.1) is 7.11 Å². The molecule has 0 aliphatic heterocycles. The van der Waals surface area contributed by atoms with E-state index in [1.807, 2.05) is 19.9 Å². The molecule has 0 spiro atoms. The molecule has 0 aliphatic carbocycles. The van der Waals surface area contributed by atoms with Crippen LogP contribution < -0.4 is 14.8 Å². The molecule has 11 heteroatoms. The molecule has 0 saturated heterocycles. The van der Waals surface area contributed by atoms with Crippen LogP contribution in [0.2, 0.25) is 0 Å². The molecule has 0 radical (unpaired) electrons. The summed E-state index contributed by atoms with van der Waals surface area (Å²) in [5.74, 6) is -1.03. The van der Waals surface area contributed by atoms with Crippen LogP contribution in [0.3, 0.4) is 0 Å². The molecule has 0 atom stereocenters. The topological polar surface area (TPSA) is 113 Å². The highest BCUT2D eigenvalue weighted by Gasteiger charge is 2.16. The highest BCUT2D eigenvalue weighted by Crippen LogP contribution is 2.32. The summed E-state index contributed by atoms with van der Waals surface area (Å²) in [6, 6.07) is 9.51. The second-order valence-electron chi connectivity index (χ2n) is 6.98. The Morgan fingerprint density at radius 3 is 2.48 bits per heavy atom. The van der Waals surface area contributed by atoms with Gasteiger partial charge in [0.25, 0.3) is 11.8 Å². The van der Waals surface area contributed by atoms with Gasteiger partial charge in [-0.1, -0.05) is 22.3 Å². The first-order valence-electron chi connectivity index (χ1n) is 9.73. The van der Waals surface area contributed by atoms with Crippen LogP contribution in [0.5, 0.6) is 11.5 Å². The molecule has 0 fully saturated rings. The zero-order valence-electron chi connectivity index (χ0n) is 18.1. The van der Waals surface area contributed by atoms with Crippen molar-refractivity contribution in [3.8, 4) is 22.9 Å². The van der Waals surface area contributed by atoms with E-state index >= 15 is 0 Å². The average molecular weight is 461 g/mol. The van der Waals surface area contributed by atoms with E-state index in [9.17, 15) is 18.4 Å². The Morgan fingerprint density at radius 2 is 1.82 bits per heavy atom. The zero-order valence-corrected chi connectivity index (χ0v) is 18.1. The third-order valence-electron chi connectivity index (χ3n) is 4.34. The molecule has 0 bridgehead atoms. The van der Waals surface area contributed by atoms with Gasteiger partial charge in [0.15, 0.2) is 18.1 Å². The van der Waals surface area contributed by atoms with Gasteiger partial charge in [-0.15, -0.1) is 0 Å². The second kappa shape index (κ2) is 10.5. The zero-order chi connectivity index (χ0) is 24.0. The fourth-order valence-electron chi connectivity index (χ4n) is 2.98. The van der Waals surface area contributed by atoms with Crippen molar-refractivity contribution in [1.82, 2.24) is 15.5 Å². The number of aromatic nitrogens is 2. The molecule has 9 nitrogen and oxygen atoms in total. The van der Waals surface area contributed by atoms with Gasteiger partial charge in [0.1, 0.15) is 6.54 Å². The molecule has 1 amide bonds. The number of nitrogens with zero attached hydrogens (tertiary/aromatic N) is 2. The van der Waals surface area contributed by atoms with Crippen molar-refractivity contribution >= 4 is 11.9 Å². The number of nitrogens with one attached hydrogen (secondary N) is 1. The third-order valence-corrected chi connectivity index (χ3v) is 4.34. The van der Waals surface area contributed by atoms with Crippen LogP contribution in [0.15, 0.2) is 40.9 Å². The Morgan fingerprint density at radius 1 is 1.09 bits per heavy atom. The number of carbonyl (C=O) groups is 2. The lowest BCUT2D eigenvalue weighted by atomic mass is 10.1. The highest BCUT2D eigenvalue weighted by molar-refractivity contribution is 5.96. The number of ether oxygens (including phenoxy) is 3. The number of hydrogen-bond donors (Lipinski definition) is 1. The summed E-state index contributed by atoms with van der Waals surface area (Å²) < 4.78 is 44.4. The number of amides is 1. The fraction of sp³-hybridized carbons (Fsp3) is 0.273. The van der Waals surface area contributed by atoms with Gasteiger partial charge in [0, 0.05) is 11.1 Å². The minimum absolute atomic E-state index is 0.00543. The third kappa shape index (κ3) is 6.48. The normalized spacial score (nSPS) is 10.7. The van der Waals surface area contributed by atoms with E-state index in [0.29, 0.717) is 11.1 Å². The predicted molar refractivity (Wildman–Crippen MR) is 111 cm³/mol. The maximum Gasteiger partial charge on any atom is 0.387 e. The number of benzene rings is 2. The van der Waals surface area contributed by atoms with Crippen molar-refractivity contribution in [1.29, 1.82) is 0 Å². The van der Waals surface area contributed by atoms with Crippen molar-refractivity contribution in [2.75, 3.05) is 13.7 Å². The number of esters is 1. The summed E-state index contributed by atoms with van der Waals surface area (Å²) in [5, 5.41) is 6.26. The molecule has 3 rings (SSSR count). The minimum atomic E-state index is -3.00. The van der Waals surface area contributed by atoms with Crippen LogP contribution in [0.4, 0.5) is 8.78 Å². The van der Waals surface area contributed by atoms with Gasteiger partial charge < -0.3 is 24.1 Å². The molecular weight excluding hydrogens is 440 g/mol. The van der Waals surface area contributed by atoms with Gasteiger partial charge in [-0.05, 0) is 44.2 Å². The Labute approximate surface area is 187 Å². The highest BCUT2D eigenvalue weighted by atomic mass is 19.3. The SMILES string of the molecule is COc1cc(-c2noc(COC(=O)CNC(=O)c3cc(C)cc(C)c3)n2)ccc1OC(F)F. The summed E-state index contributed by atoms with van der Waals surface area (Å²) in [5.41, 5.74) is 2.73. The molecule has 0 unspecified atom stereocenters. The van der Waals surface area contributed by atoms with Gasteiger partial charge >= 0.3 is 12.6 Å². The number of alkyl halides is 2. The Balaban J connectivity index is 1.54. The standard InChI is InChI=1S/C22H21F2N3O6/c1-12-6-13(2)8-15(7-12)21(29)25-10-19(28)31-11-18-26-20(27-33-18)14-4-5-16(32-22(23)24)17(9-14)30-3/h4-9,22H,10-11H2,1-3H3,(H,25,29). The smallest absolute Gasteiger partial charge is 0.387 e. The molecule has 33 heavy (non-hydrogen) atoms. The predicted octanol–water partition coefficient (Wildman–Crippen LogP) is 3.44. The summed E-state index contributed by atoms with van der Waals surface area (Å²) in [6.45, 7) is 0.100. The van der Waals surface area contributed by atoms with Crippen molar-refractivity contribution in [3.63, 3.8) is 0 Å². The Hall–Kier alpha value is -4.02. The summed E-state index contributed by atoms with van der Waals surface area (Å²) >= 11 is 0. The van der Waals surface area contributed by atoms with Crippen LogP contribution in [-0.4, -0.2) is 42.3 Å². The molecule has 0 aliphatic rings. The van der Waals surface area contributed by atoms with Crippen molar-refractivity contribution < 1.29 is 37.1 Å². The lowest BCUT2D eigenvalue weighted by molar-refractivity contribution is -0.144. The molecule has 0 saturated carbocycles. The van der Waals surface area contributed by atoms with Gasteiger partial charge in [-0.2, -0.15) is 13.8 Å². The largest absolute Gasteiger partial charge is 0.493 e. The number of hydrogen-bond acceptors (Lipinski definition) is 8. The molecule has 3 aromatic rings. The number of methoxy groups -OCH3 is 1. The van der Waals surface area contributed by atoms with Crippen LogP contribution in [0.25, 0.3) is 11.4 Å². The van der Waals surface area contributed by atoms with Gasteiger partial charge in [-0.3, -0.25) is 9.59 Å². The summed E-state index contributed by atoms with van der Waals surface area (Å²) in [7, 11) is 1.30. The Kier molecular flexibility index (Phi) is 7.54. The monoisotopic (exact) mass is 461 g/mol. The second-order valence-corrected chi connectivity index (χ2v) is 6.98. The minimum Gasteiger partial charge on any atom is -0.493 e. The van der Waals surface area contributed by atoms with E-state index in [4.69, 9.17) is 14.0 Å². The molecule has 174 valence electrons. The lowest BCUT2D eigenvalue weighted by Gasteiger charge is -2.10. The van der Waals surface area contributed by atoms with Crippen molar-refractivity contribution in [2.45, 2.75) is 27.1 Å². The van der Waals surface area contributed by atoms with Crippen LogP contribution >= 0.6 is 0 Å². The van der Waals surface area contributed by atoms with E-state index in [0.717, 1.165) is 11.1 Å². The summed E-state index contributed by atoms with van der Waals surface area (Å²) in [6.07, 6.45) is 0. The van der Waals surface area contributed by atoms with Crippen LogP contribution in [-0.2, 0) is 16.1 Å². The first-order chi connectivity index (χ1) is 15.7. The molecule has 1 heterocycles. The quantitative estimate of drug-likeness (QED) is 0.482. The van der Waals surface area contributed by atoms with E-state index in [2.05, 4.69) is 20.2 Å². The molecule has 1 aromatic heterocycles.